The van der Waals surface area contributed by atoms with Gasteiger partial charge in [-0.25, -0.2) is 8.78 Å². The lowest BCUT2D eigenvalue weighted by molar-refractivity contribution is -0.137. The molecule has 3 aliphatic carbocycles. The average Bonchev–Trinajstić information content (AvgIpc) is 3.23. The van der Waals surface area contributed by atoms with Crippen molar-refractivity contribution < 1.29 is 28.0 Å². The molecular formula is C24H16F2N2O4. The fourth-order valence-corrected chi connectivity index (χ4v) is 5.92. The van der Waals surface area contributed by atoms with Gasteiger partial charge in [0.25, 0.3) is 0 Å². The molecule has 2 bridgehead atoms. The Balaban J connectivity index is 1.39. The lowest BCUT2D eigenvalue weighted by atomic mass is 9.54. The maximum atomic E-state index is 13.3. The largest absolute Gasteiger partial charge is 0.274 e. The van der Waals surface area contributed by atoms with Gasteiger partial charge in [-0.2, -0.15) is 0 Å². The van der Waals surface area contributed by atoms with Crippen molar-refractivity contribution in [3.8, 4) is 0 Å². The van der Waals surface area contributed by atoms with Crippen LogP contribution in [0.5, 0.6) is 0 Å². The van der Waals surface area contributed by atoms with Crippen molar-refractivity contribution in [1.82, 2.24) is 0 Å². The number of amides is 4. The highest BCUT2D eigenvalue weighted by molar-refractivity contribution is 6.26. The lowest BCUT2D eigenvalue weighted by Crippen LogP contribution is -2.50. The number of hydrogen-bond acceptors (Lipinski definition) is 4. The highest BCUT2D eigenvalue weighted by Gasteiger charge is 2.68. The fraction of sp³-hybridized carbons (Fsp3) is 0.250. The Hall–Kier alpha value is -3.68. The monoisotopic (exact) mass is 434 g/mol. The van der Waals surface area contributed by atoms with Gasteiger partial charge in [-0.1, -0.05) is 12.2 Å². The first-order chi connectivity index (χ1) is 15.4. The second-order valence-corrected chi connectivity index (χ2v) is 8.62. The number of benzene rings is 2. The summed E-state index contributed by atoms with van der Waals surface area (Å²) in [7, 11) is 0. The molecule has 6 nitrogen and oxygen atoms in total. The highest BCUT2D eigenvalue weighted by atomic mass is 19.1. The third-order valence-electron chi connectivity index (χ3n) is 7.18. The zero-order valence-corrected chi connectivity index (χ0v) is 16.5. The molecule has 5 aliphatic rings. The van der Waals surface area contributed by atoms with E-state index in [2.05, 4.69) is 0 Å². The number of nitrogens with zero attached hydrogens (tertiary/aromatic N) is 2. The van der Waals surface area contributed by atoms with Gasteiger partial charge < -0.3 is 0 Å². The molecule has 4 amide bonds. The molecule has 1 saturated carbocycles. The molecule has 7 rings (SSSR count). The smallest absolute Gasteiger partial charge is 0.238 e. The molecule has 32 heavy (non-hydrogen) atoms. The predicted octanol–water partition coefficient (Wildman–Crippen LogP) is 2.69. The first kappa shape index (κ1) is 19.0. The van der Waals surface area contributed by atoms with E-state index in [0.29, 0.717) is 0 Å². The van der Waals surface area contributed by atoms with Gasteiger partial charge in [0, 0.05) is 11.8 Å². The Labute approximate surface area is 181 Å². The van der Waals surface area contributed by atoms with Gasteiger partial charge in [0.15, 0.2) is 0 Å². The molecule has 0 spiro atoms. The number of allylic oxidation sites excluding steroid dienone is 2. The van der Waals surface area contributed by atoms with E-state index in [1.54, 1.807) is 12.2 Å². The van der Waals surface area contributed by atoms with E-state index in [1.165, 1.54) is 48.5 Å². The van der Waals surface area contributed by atoms with Crippen molar-refractivity contribution in [1.29, 1.82) is 0 Å². The van der Waals surface area contributed by atoms with Crippen molar-refractivity contribution in [2.24, 2.45) is 35.5 Å². The average molecular weight is 434 g/mol. The van der Waals surface area contributed by atoms with Crippen molar-refractivity contribution >= 4 is 35.0 Å². The van der Waals surface area contributed by atoms with Gasteiger partial charge in [-0.15, -0.1) is 0 Å². The van der Waals surface area contributed by atoms with Crippen LogP contribution in [0.4, 0.5) is 20.2 Å². The molecule has 0 N–H and O–H groups in total. The quantitative estimate of drug-likeness (QED) is 0.538. The summed E-state index contributed by atoms with van der Waals surface area (Å²) in [5.41, 5.74) is 0.539. The summed E-state index contributed by atoms with van der Waals surface area (Å²) in [4.78, 5) is 55.4. The molecule has 2 aliphatic heterocycles. The summed E-state index contributed by atoms with van der Waals surface area (Å²) in [5.74, 6) is -6.95. The number of imide groups is 2. The van der Waals surface area contributed by atoms with Crippen LogP contribution in [0.3, 0.4) is 0 Å². The van der Waals surface area contributed by atoms with Crippen LogP contribution in [0, 0.1) is 47.1 Å². The summed E-state index contributed by atoms with van der Waals surface area (Å²) in [6.45, 7) is 0. The number of carbonyl (C=O) groups is 4. The van der Waals surface area contributed by atoms with Gasteiger partial charge >= 0.3 is 0 Å². The zero-order valence-electron chi connectivity index (χ0n) is 16.5. The predicted molar refractivity (Wildman–Crippen MR) is 108 cm³/mol. The van der Waals surface area contributed by atoms with Crippen LogP contribution < -0.4 is 9.80 Å². The van der Waals surface area contributed by atoms with Gasteiger partial charge in [-0.05, 0) is 48.5 Å². The second-order valence-electron chi connectivity index (χ2n) is 8.62. The Kier molecular flexibility index (Phi) is 3.82. The Bertz CT molecular complexity index is 1080. The molecule has 160 valence electrons. The summed E-state index contributed by atoms with van der Waals surface area (Å²) >= 11 is 0. The number of hydrogen-bond donors (Lipinski definition) is 0. The summed E-state index contributed by atoms with van der Waals surface area (Å²) in [6, 6.07) is 10.2. The van der Waals surface area contributed by atoms with Crippen LogP contribution in [0.15, 0.2) is 60.7 Å². The second kappa shape index (κ2) is 6.41. The van der Waals surface area contributed by atoms with Crippen molar-refractivity contribution in [2.75, 3.05) is 9.80 Å². The number of rotatable bonds is 2. The summed E-state index contributed by atoms with van der Waals surface area (Å²) < 4.78 is 26.7. The zero-order chi connectivity index (χ0) is 22.3. The molecule has 2 saturated heterocycles. The molecule has 2 aromatic rings. The lowest BCUT2D eigenvalue weighted by Gasteiger charge is -2.44. The van der Waals surface area contributed by atoms with Crippen LogP contribution >= 0.6 is 0 Å². The van der Waals surface area contributed by atoms with Gasteiger partial charge in [-0.3, -0.25) is 29.0 Å². The van der Waals surface area contributed by atoms with E-state index < -0.39 is 70.8 Å². The van der Waals surface area contributed by atoms with E-state index in [0.717, 1.165) is 9.80 Å². The number of anilines is 2. The molecule has 0 radical (unpaired) electrons. The first-order valence-corrected chi connectivity index (χ1v) is 10.3. The number of carbonyl (C=O) groups excluding carboxylic acids is 4. The van der Waals surface area contributed by atoms with Crippen molar-refractivity contribution in [2.45, 2.75) is 0 Å². The van der Waals surface area contributed by atoms with Crippen molar-refractivity contribution in [3.05, 3.63) is 72.3 Å². The summed E-state index contributed by atoms with van der Waals surface area (Å²) in [6.07, 6.45) is 3.54. The maximum absolute atomic E-state index is 13.3. The third kappa shape index (κ3) is 2.32. The Morgan fingerprint density at radius 3 is 1.06 bits per heavy atom. The number of halogens is 2. The molecule has 0 unspecified atom stereocenters. The standard InChI is InChI=1S/C24H16F2N2O4/c25-11-1-5-13(6-2-11)27-21(29)17-15-9-10-16(18(17)22(27)30)20-19(15)23(31)28(24(20)32)14-7-3-12(26)4-8-14/h1-10,15-20H/t15?,16?,17-,18+,19-,20+. The molecular weight excluding hydrogens is 418 g/mol. The van der Waals surface area contributed by atoms with Crippen LogP contribution in [-0.2, 0) is 19.2 Å². The molecule has 4 atom stereocenters. The normalized spacial score (nSPS) is 32.7. The molecule has 2 heterocycles. The molecule has 3 fully saturated rings. The van der Waals surface area contributed by atoms with E-state index in [9.17, 15) is 28.0 Å². The van der Waals surface area contributed by atoms with E-state index in [4.69, 9.17) is 0 Å². The Morgan fingerprint density at radius 2 is 0.781 bits per heavy atom. The van der Waals surface area contributed by atoms with E-state index >= 15 is 0 Å². The van der Waals surface area contributed by atoms with Gasteiger partial charge in [0.1, 0.15) is 11.6 Å². The van der Waals surface area contributed by atoms with Crippen LogP contribution in [0.2, 0.25) is 0 Å². The van der Waals surface area contributed by atoms with Crippen LogP contribution in [-0.4, -0.2) is 23.6 Å². The van der Waals surface area contributed by atoms with Crippen LogP contribution in [0.1, 0.15) is 0 Å². The first-order valence-electron chi connectivity index (χ1n) is 10.3. The highest BCUT2D eigenvalue weighted by Crippen LogP contribution is 2.58. The molecule has 2 aromatic carbocycles. The minimum atomic E-state index is -0.756. The van der Waals surface area contributed by atoms with E-state index in [1.807, 2.05) is 0 Å². The third-order valence-corrected chi connectivity index (χ3v) is 7.18. The fourth-order valence-electron chi connectivity index (χ4n) is 5.92. The summed E-state index contributed by atoms with van der Waals surface area (Å²) in [5, 5.41) is 0. The van der Waals surface area contributed by atoms with Gasteiger partial charge in [0.05, 0.1) is 35.0 Å². The topological polar surface area (TPSA) is 74.8 Å². The van der Waals surface area contributed by atoms with E-state index in [-0.39, 0.29) is 11.4 Å². The maximum Gasteiger partial charge on any atom is 0.238 e. The Morgan fingerprint density at radius 1 is 0.500 bits per heavy atom. The molecule has 8 heteroatoms. The SMILES string of the molecule is O=C1[C@@H]2C3C=CC([C@@H]2C(=O)N1c1ccc(F)cc1)[C@@H]1C(=O)N(c2ccc(F)cc2)C(=O)[C@H]31. The van der Waals surface area contributed by atoms with Crippen LogP contribution in [0.25, 0.3) is 0 Å². The van der Waals surface area contributed by atoms with Crippen molar-refractivity contribution in [3.63, 3.8) is 0 Å². The van der Waals surface area contributed by atoms with Gasteiger partial charge in [0.2, 0.25) is 23.6 Å². The minimum Gasteiger partial charge on any atom is -0.274 e. The minimum absolute atomic E-state index is 0.269. The molecule has 0 aromatic heterocycles.